The Morgan fingerprint density at radius 3 is 2.94 bits per heavy atom. The Hall–Kier alpha value is -1.66. The predicted molar refractivity (Wildman–Crippen MR) is 70.2 cm³/mol. The van der Waals surface area contributed by atoms with Crippen molar-refractivity contribution < 1.29 is 9.53 Å². The summed E-state index contributed by atoms with van der Waals surface area (Å²) in [5, 5.41) is 2.78. The SMILES string of the molecule is CCOC(C)CNC(=O)c1cnc(C)cc1NN. The number of carbonyl (C=O) groups excluding carboxylic acids is 1. The molecule has 6 nitrogen and oxygen atoms in total. The zero-order valence-corrected chi connectivity index (χ0v) is 11.0. The van der Waals surface area contributed by atoms with Gasteiger partial charge in [0.15, 0.2) is 0 Å². The number of nitrogen functional groups attached to an aromatic ring is 1. The van der Waals surface area contributed by atoms with Gasteiger partial charge in [-0.3, -0.25) is 15.6 Å². The fourth-order valence-corrected chi connectivity index (χ4v) is 1.54. The molecule has 1 unspecified atom stereocenters. The van der Waals surface area contributed by atoms with Crippen LogP contribution in [0.25, 0.3) is 0 Å². The Morgan fingerprint density at radius 1 is 1.61 bits per heavy atom. The maximum Gasteiger partial charge on any atom is 0.255 e. The second-order valence-electron chi connectivity index (χ2n) is 3.99. The van der Waals surface area contributed by atoms with E-state index >= 15 is 0 Å². The number of aryl methyl sites for hydroxylation is 1. The standard InChI is InChI=1S/C12H20N4O2/c1-4-18-9(3)6-15-12(17)10-7-14-8(2)5-11(10)16-13/h5,7,9H,4,6,13H2,1-3H3,(H,14,16)(H,15,17). The van der Waals surface area contributed by atoms with E-state index in [0.29, 0.717) is 24.4 Å². The average molecular weight is 252 g/mol. The van der Waals surface area contributed by atoms with Crippen molar-refractivity contribution in [2.75, 3.05) is 18.6 Å². The van der Waals surface area contributed by atoms with Gasteiger partial charge in [0.1, 0.15) is 0 Å². The summed E-state index contributed by atoms with van der Waals surface area (Å²) in [6, 6.07) is 1.72. The Kier molecular flexibility index (Phi) is 5.54. The minimum absolute atomic E-state index is 0.0216. The number of rotatable bonds is 6. The number of nitrogens with one attached hydrogen (secondary N) is 2. The van der Waals surface area contributed by atoms with E-state index in [2.05, 4.69) is 15.7 Å². The lowest BCUT2D eigenvalue weighted by atomic mass is 10.2. The average Bonchev–Trinajstić information content (AvgIpc) is 2.36. The summed E-state index contributed by atoms with van der Waals surface area (Å²) in [7, 11) is 0. The second kappa shape index (κ2) is 6.93. The highest BCUT2D eigenvalue weighted by Crippen LogP contribution is 2.14. The summed E-state index contributed by atoms with van der Waals surface area (Å²) in [5.41, 5.74) is 4.27. The lowest BCUT2D eigenvalue weighted by molar-refractivity contribution is 0.0695. The van der Waals surface area contributed by atoms with Gasteiger partial charge in [0, 0.05) is 25.0 Å². The van der Waals surface area contributed by atoms with Crippen LogP contribution in [0.3, 0.4) is 0 Å². The van der Waals surface area contributed by atoms with Gasteiger partial charge in [-0.15, -0.1) is 0 Å². The predicted octanol–water partition coefficient (Wildman–Crippen LogP) is 0.830. The van der Waals surface area contributed by atoms with Crippen molar-refractivity contribution in [1.29, 1.82) is 0 Å². The highest BCUT2D eigenvalue weighted by Gasteiger charge is 2.12. The van der Waals surface area contributed by atoms with E-state index in [4.69, 9.17) is 10.6 Å². The highest BCUT2D eigenvalue weighted by atomic mass is 16.5. The van der Waals surface area contributed by atoms with Gasteiger partial charge in [0.05, 0.1) is 17.4 Å². The number of anilines is 1. The monoisotopic (exact) mass is 252 g/mol. The van der Waals surface area contributed by atoms with Gasteiger partial charge in [-0.2, -0.15) is 0 Å². The molecule has 0 fully saturated rings. The third-order valence-electron chi connectivity index (χ3n) is 2.44. The number of nitrogens with two attached hydrogens (primary N) is 1. The first-order chi connectivity index (χ1) is 8.58. The molecular formula is C12H20N4O2. The summed E-state index contributed by atoms with van der Waals surface area (Å²) in [5.74, 6) is 5.16. The van der Waals surface area contributed by atoms with Crippen molar-refractivity contribution in [3.63, 3.8) is 0 Å². The topological polar surface area (TPSA) is 89.3 Å². The zero-order chi connectivity index (χ0) is 13.5. The maximum atomic E-state index is 11.9. The van der Waals surface area contributed by atoms with Crippen molar-refractivity contribution >= 4 is 11.6 Å². The number of aromatic nitrogens is 1. The van der Waals surface area contributed by atoms with Crippen LogP contribution in [0.4, 0.5) is 5.69 Å². The van der Waals surface area contributed by atoms with Crippen LogP contribution >= 0.6 is 0 Å². The first-order valence-corrected chi connectivity index (χ1v) is 5.91. The minimum atomic E-state index is -0.220. The molecule has 1 rings (SSSR count). The molecule has 0 radical (unpaired) electrons. The second-order valence-corrected chi connectivity index (χ2v) is 3.99. The maximum absolute atomic E-state index is 11.9. The Balaban J connectivity index is 2.66. The largest absolute Gasteiger partial charge is 0.377 e. The van der Waals surface area contributed by atoms with Crippen LogP contribution < -0.4 is 16.6 Å². The van der Waals surface area contributed by atoms with E-state index in [1.807, 2.05) is 20.8 Å². The molecule has 0 aliphatic rings. The lowest BCUT2D eigenvalue weighted by Gasteiger charge is -2.14. The fourth-order valence-electron chi connectivity index (χ4n) is 1.54. The van der Waals surface area contributed by atoms with E-state index < -0.39 is 0 Å². The van der Waals surface area contributed by atoms with Gasteiger partial charge in [-0.25, -0.2) is 0 Å². The number of nitrogens with zero attached hydrogens (tertiary/aromatic N) is 1. The quantitative estimate of drug-likeness (QED) is 0.515. The van der Waals surface area contributed by atoms with Gasteiger partial charge in [0.25, 0.3) is 5.91 Å². The summed E-state index contributed by atoms with van der Waals surface area (Å²) in [6.07, 6.45) is 1.48. The molecule has 1 aromatic rings. The van der Waals surface area contributed by atoms with Gasteiger partial charge in [-0.05, 0) is 26.8 Å². The number of hydrogen-bond donors (Lipinski definition) is 3. The highest BCUT2D eigenvalue weighted by molar-refractivity contribution is 5.99. The molecule has 18 heavy (non-hydrogen) atoms. The molecule has 4 N–H and O–H groups in total. The Bertz CT molecular complexity index is 409. The van der Waals surface area contributed by atoms with Crippen LogP contribution in [0.1, 0.15) is 29.9 Å². The first-order valence-electron chi connectivity index (χ1n) is 5.91. The van der Waals surface area contributed by atoms with Crippen molar-refractivity contribution in [2.24, 2.45) is 5.84 Å². The van der Waals surface area contributed by atoms with Crippen LogP contribution in [-0.2, 0) is 4.74 Å². The number of pyridine rings is 1. The fraction of sp³-hybridized carbons (Fsp3) is 0.500. The Labute approximate surface area is 107 Å². The molecule has 0 aromatic carbocycles. The third-order valence-corrected chi connectivity index (χ3v) is 2.44. The molecule has 1 amide bonds. The number of amides is 1. The van der Waals surface area contributed by atoms with Crippen LogP contribution in [-0.4, -0.2) is 30.1 Å². The van der Waals surface area contributed by atoms with E-state index in [1.54, 1.807) is 6.07 Å². The molecule has 0 saturated carbocycles. The third kappa shape index (κ3) is 3.97. The number of hydrazine groups is 1. The summed E-state index contributed by atoms with van der Waals surface area (Å²) in [6.45, 7) is 6.72. The van der Waals surface area contributed by atoms with Crippen LogP contribution in [0, 0.1) is 6.92 Å². The van der Waals surface area contributed by atoms with Gasteiger partial charge >= 0.3 is 0 Å². The van der Waals surface area contributed by atoms with Crippen molar-refractivity contribution in [1.82, 2.24) is 10.3 Å². The van der Waals surface area contributed by atoms with E-state index in [-0.39, 0.29) is 12.0 Å². The molecule has 1 atom stereocenters. The van der Waals surface area contributed by atoms with Crippen LogP contribution in [0.2, 0.25) is 0 Å². The molecule has 100 valence electrons. The first kappa shape index (κ1) is 14.4. The number of carbonyl (C=O) groups is 1. The van der Waals surface area contributed by atoms with Crippen molar-refractivity contribution in [3.8, 4) is 0 Å². The van der Waals surface area contributed by atoms with Crippen molar-refractivity contribution in [3.05, 3.63) is 23.5 Å². The smallest absolute Gasteiger partial charge is 0.255 e. The van der Waals surface area contributed by atoms with E-state index in [0.717, 1.165) is 5.69 Å². The molecule has 6 heteroatoms. The lowest BCUT2D eigenvalue weighted by Crippen LogP contribution is -2.33. The molecule has 1 aromatic heterocycles. The number of hydrogen-bond acceptors (Lipinski definition) is 5. The normalized spacial score (nSPS) is 12.0. The van der Waals surface area contributed by atoms with Crippen LogP contribution in [0.15, 0.2) is 12.3 Å². The van der Waals surface area contributed by atoms with Crippen molar-refractivity contribution in [2.45, 2.75) is 26.9 Å². The van der Waals surface area contributed by atoms with Gasteiger partial charge in [-0.1, -0.05) is 0 Å². The van der Waals surface area contributed by atoms with Gasteiger partial charge in [0.2, 0.25) is 0 Å². The molecule has 0 aliphatic carbocycles. The van der Waals surface area contributed by atoms with E-state index in [9.17, 15) is 4.79 Å². The summed E-state index contributed by atoms with van der Waals surface area (Å²) < 4.78 is 5.33. The summed E-state index contributed by atoms with van der Waals surface area (Å²) >= 11 is 0. The molecule has 1 heterocycles. The number of ether oxygens (including phenoxy) is 1. The molecule has 0 bridgehead atoms. The molecule has 0 aliphatic heterocycles. The van der Waals surface area contributed by atoms with Crippen LogP contribution in [0.5, 0.6) is 0 Å². The summed E-state index contributed by atoms with van der Waals surface area (Å²) in [4.78, 5) is 16.0. The van der Waals surface area contributed by atoms with E-state index in [1.165, 1.54) is 6.20 Å². The molecular weight excluding hydrogens is 232 g/mol. The minimum Gasteiger partial charge on any atom is -0.377 e. The van der Waals surface area contributed by atoms with Gasteiger partial charge < -0.3 is 15.5 Å². The molecule has 0 spiro atoms. The Morgan fingerprint density at radius 2 is 2.33 bits per heavy atom. The molecule has 0 saturated heterocycles. The zero-order valence-electron chi connectivity index (χ0n) is 11.0.